The van der Waals surface area contributed by atoms with Gasteiger partial charge >= 0.3 is 6.61 Å². The highest BCUT2D eigenvalue weighted by Crippen LogP contribution is 2.34. The normalized spacial score (nSPS) is 12.2. The first kappa shape index (κ1) is 20.9. The highest BCUT2D eigenvalue weighted by atomic mass is 19.3. The Bertz CT molecular complexity index is 877. The van der Waals surface area contributed by atoms with Gasteiger partial charge < -0.3 is 14.8 Å². The molecule has 0 radical (unpaired) electrons. The van der Waals surface area contributed by atoms with E-state index in [4.69, 9.17) is 4.74 Å². The lowest BCUT2D eigenvalue weighted by Crippen LogP contribution is -2.27. The van der Waals surface area contributed by atoms with E-state index in [1.165, 1.54) is 18.2 Å². The topological polar surface area (TPSA) is 71.3 Å². The first-order chi connectivity index (χ1) is 13.5. The number of rotatable bonds is 8. The van der Waals surface area contributed by atoms with Gasteiger partial charge in [0.05, 0.1) is 12.6 Å². The molecule has 0 fully saturated rings. The number of nitrogens with one attached hydrogen (secondary N) is 1. The number of amides is 1. The fraction of sp³-hybridized carbons (Fsp3) is 0.238. The number of hydrogen-bond acceptors (Lipinski definition) is 4. The van der Waals surface area contributed by atoms with Crippen molar-refractivity contribution in [3.63, 3.8) is 0 Å². The average Bonchev–Trinajstić information content (AvgIpc) is 2.68. The monoisotopic (exact) mass is 386 g/mol. The number of carbonyl (C=O) groups is 1. The standard InChI is InChI=1S/C21H20F2N2O3/c1-3-27-18-11-7-10-16(19(18)28-21(22)23)12-17(13-24)20(26)25-14(2)15-8-5-4-6-9-15/h4-12,14,21H,3H2,1-2H3,(H,25,26)/b17-12+/t14-/m1/s1. The van der Waals surface area contributed by atoms with Gasteiger partial charge in [-0.3, -0.25) is 4.79 Å². The molecule has 2 rings (SSSR count). The molecule has 1 N–H and O–H groups in total. The maximum Gasteiger partial charge on any atom is 0.387 e. The first-order valence-corrected chi connectivity index (χ1v) is 8.64. The van der Waals surface area contributed by atoms with Crippen LogP contribution in [0.1, 0.15) is 31.0 Å². The summed E-state index contributed by atoms with van der Waals surface area (Å²) in [5.41, 5.74) is 0.772. The number of alkyl halides is 2. The summed E-state index contributed by atoms with van der Waals surface area (Å²) in [4.78, 5) is 12.5. The van der Waals surface area contributed by atoms with Gasteiger partial charge in [-0.2, -0.15) is 14.0 Å². The van der Waals surface area contributed by atoms with Crippen molar-refractivity contribution in [2.45, 2.75) is 26.5 Å². The van der Waals surface area contributed by atoms with Crippen LogP contribution in [-0.4, -0.2) is 19.1 Å². The van der Waals surface area contributed by atoms with Crippen molar-refractivity contribution >= 4 is 12.0 Å². The predicted octanol–water partition coefficient (Wildman–Crippen LogP) is 4.47. The number of nitriles is 1. The van der Waals surface area contributed by atoms with Crippen molar-refractivity contribution in [3.05, 3.63) is 65.2 Å². The van der Waals surface area contributed by atoms with Gasteiger partial charge in [-0.25, -0.2) is 0 Å². The van der Waals surface area contributed by atoms with Crippen LogP contribution >= 0.6 is 0 Å². The number of benzene rings is 2. The molecule has 1 atom stereocenters. The zero-order valence-corrected chi connectivity index (χ0v) is 15.5. The van der Waals surface area contributed by atoms with Gasteiger partial charge in [0, 0.05) is 5.56 Å². The van der Waals surface area contributed by atoms with Gasteiger partial charge in [0.15, 0.2) is 11.5 Å². The molecule has 5 nitrogen and oxygen atoms in total. The molecule has 0 unspecified atom stereocenters. The minimum atomic E-state index is -3.08. The fourth-order valence-corrected chi connectivity index (χ4v) is 2.53. The van der Waals surface area contributed by atoms with E-state index in [0.717, 1.165) is 5.56 Å². The predicted molar refractivity (Wildman–Crippen MR) is 101 cm³/mol. The SMILES string of the molecule is CCOc1cccc(/C=C(\C#N)C(=O)N[C@H](C)c2ccccc2)c1OC(F)F. The molecule has 1 amide bonds. The van der Waals surface area contributed by atoms with Crippen LogP contribution in [0.15, 0.2) is 54.1 Å². The van der Waals surface area contributed by atoms with Crippen LogP contribution in [0, 0.1) is 11.3 Å². The van der Waals surface area contributed by atoms with Gasteiger partial charge in [0.2, 0.25) is 0 Å². The van der Waals surface area contributed by atoms with Crippen LogP contribution in [0.5, 0.6) is 11.5 Å². The molecule has 28 heavy (non-hydrogen) atoms. The molecule has 146 valence electrons. The molecule has 0 aromatic heterocycles. The minimum Gasteiger partial charge on any atom is -0.490 e. The van der Waals surface area contributed by atoms with Gasteiger partial charge in [-0.15, -0.1) is 0 Å². The average molecular weight is 386 g/mol. The number of para-hydroxylation sites is 1. The third-order valence-electron chi connectivity index (χ3n) is 3.83. The highest BCUT2D eigenvalue weighted by Gasteiger charge is 2.18. The van der Waals surface area contributed by atoms with Crippen LogP contribution in [0.3, 0.4) is 0 Å². The van der Waals surface area contributed by atoms with E-state index in [0.29, 0.717) is 0 Å². The van der Waals surface area contributed by atoms with E-state index in [1.807, 2.05) is 30.3 Å². The van der Waals surface area contributed by atoms with Crippen LogP contribution in [0.4, 0.5) is 8.78 Å². The summed E-state index contributed by atoms with van der Waals surface area (Å²) in [5, 5.41) is 12.1. The summed E-state index contributed by atoms with van der Waals surface area (Å²) in [6, 6.07) is 15.2. The highest BCUT2D eigenvalue weighted by molar-refractivity contribution is 6.02. The maximum absolute atomic E-state index is 12.8. The van der Waals surface area contributed by atoms with E-state index >= 15 is 0 Å². The molecule has 0 spiro atoms. The summed E-state index contributed by atoms with van der Waals surface area (Å²) >= 11 is 0. The molecule has 0 aliphatic heterocycles. The molecular formula is C21H20F2N2O3. The Morgan fingerprint density at radius 3 is 2.54 bits per heavy atom. The van der Waals surface area contributed by atoms with Crippen molar-refractivity contribution in [3.8, 4) is 17.6 Å². The van der Waals surface area contributed by atoms with E-state index < -0.39 is 12.5 Å². The minimum absolute atomic E-state index is 0.104. The lowest BCUT2D eigenvalue weighted by Gasteiger charge is -2.15. The van der Waals surface area contributed by atoms with Crippen LogP contribution in [-0.2, 0) is 4.79 Å². The van der Waals surface area contributed by atoms with Gasteiger partial charge in [-0.05, 0) is 31.6 Å². The number of halogens is 2. The molecular weight excluding hydrogens is 366 g/mol. The van der Waals surface area contributed by atoms with E-state index in [2.05, 4.69) is 10.1 Å². The summed E-state index contributed by atoms with van der Waals surface area (Å²) in [7, 11) is 0. The molecule has 2 aromatic carbocycles. The number of nitrogens with zero attached hydrogens (tertiary/aromatic N) is 1. The molecule has 7 heteroatoms. The van der Waals surface area contributed by atoms with Crippen LogP contribution < -0.4 is 14.8 Å². The van der Waals surface area contributed by atoms with E-state index in [1.54, 1.807) is 26.0 Å². The fourth-order valence-electron chi connectivity index (χ4n) is 2.53. The quantitative estimate of drug-likeness (QED) is 0.537. The molecule has 2 aromatic rings. The van der Waals surface area contributed by atoms with Crippen LogP contribution in [0.25, 0.3) is 6.08 Å². The van der Waals surface area contributed by atoms with Crippen molar-refractivity contribution < 1.29 is 23.0 Å². The molecule has 0 saturated heterocycles. The van der Waals surface area contributed by atoms with Gasteiger partial charge in [0.1, 0.15) is 11.6 Å². The Morgan fingerprint density at radius 1 is 1.21 bits per heavy atom. The number of carbonyl (C=O) groups excluding carboxylic acids is 1. The Balaban J connectivity index is 2.31. The third kappa shape index (κ3) is 5.55. The lowest BCUT2D eigenvalue weighted by atomic mass is 10.1. The second-order valence-electron chi connectivity index (χ2n) is 5.76. The maximum atomic E-state index is 12.8. The van der Waals surface area contributed by atoms with Crippen molar-refractivity contribution in [1.82, 2.24) is 5.32 Å². The number of ether oxygens (including phenoxy) is 2. The molecule has 0 saturated carbocycles. The first-order valence-electron chi connectivity index (χ1n) is 8.64. The summed E-state index contributed by atoms with van der Waals surface area (Å²) in [6.07, 6.45) is 1.20. The molecule has 0 bridgehead atoms. The zero-order chi connectivity index (χ0) is 20.5. The Hall–Kier alpha value is -3.40. The lowest BCUT2D eigenvalue weighted by molar-refractivity contribution is -0.117. The van der Waals surface area contributed by atoms with E-state index in [9.17, 15) is 18.8 Å². The second kappa shape index (κ2) is 10.1. The van der Waals surface area contributed by atoms with Gasteiger partial charge in [-0.1, -0.05) is 42.5 Å². The summed E-state index contributed by atoms with van der Waals surface area (Å²) in [6.45, 7) is 0.649. The van der Waals surface area contributed by atoms with Crippen molar-refractivity contribution in [2.75, 3.05) is 6.61 Å². The second-order valence-corrected chi connectivity index (χ2v) is 5.76. The largest absolute Gasteiger partial charge is 0.490 e. The van der Waals surface area contributed by atoms with Crippen LogP contribution in [0.2, 0.25) is 0 Å². The smallest absolute Gasteiger partial charge is 0.387 e. The van der Waals surface area contributed by atoms with Crippen molar-refractivity contribution in [2.24, 2.45) is 0 Å². The summed E-state index contributed by atoms with van der Waals surface area (Å²) < 4.78 is 35.5. The van der Waals surface area contributed by atoms with E-state index in [-0.39, 0.29) is 35.3 Å². The Kier molecular flexibility index (Phi) is 7.52. The number of hydrogen-bond donors (Lipinski definition) is 1. The Labute approximate surface area is 162 Å². The third-order valence-corrected chi connectivity index (χ3v) is 3.83. The Morgan fingerprint density at radius 2 is 1.93 bits per heavy atom. The molecule has 0 aliphatic carbocycles. The zero-order valence-electron chi connectivity index (χ0n) is 15.5. The summed E-state index contributed by atoms with van der Waals surface area (Å²) in [5.74, 6) is -0.744. The molecule has 0 heterocycles. The molecule has 0 aliphatic rings. The van der Waals surface area contributed by atoms with Crippen molar-refractivity contribution in [1.29, 1.82) is 5.26 Å². The van der Waals surface area contributed by atoms with Gasteiger partial charge in [0.25, 0.3) is 5.91 Å².